The minimum Gasteiger partial charge on any atom is -0.467 e. The molecule has 0 radical (unpaired) electrons. The van der Waals surface area contributed by atoms with Gasteiger partial charge in [0.25, 0.3) is 0 Å². The molecule has 1 aromatic carbocycles. The summed E-state index contributed by atoms with van der Waals surface area (Å²) in [6.07, 6.45) is 0. The summed E-state index contributed by atoms with van der Waals surface area (Å²) in [7, 11) is 1.30. The average molecular weight is 279 g/mol. The van der Waals surface area contributed by atoms with Crippen molar-refractivity contribution in [3.8, 4) is 0 Å². The molecule has 1 rings (SSSR count). The lowest BCUT2D eigenvalue weighted by Crippen LogP contribution is -2.46. The van der Waals surface area contributed by atoms with E-state index in [4.69, 9.17) is 4.74 Å². The lowest BCUT2D eigenvalue weighted by molar-refractivity contribution is -0.147. The molecule has 1 atom stereocenters. The highest BCUT2D eigenvalue weighted by Gasteiger charge is 2.24. The van der Waals surface area contributed by atoms with Crippen LogP contribution in [0.2, 0.25) is 0 Å². The zero-order valence-corrected chi connectivity index (χ0v) is 12.1. The molecule has 5 nitrogen and oxygen atoms in total. The maximum atomic E-state index is 11.7. The van der Waals surface area contributed by atoms with E-state index in [-0.39, 0.29) is 18.4 Å². The van der Waals surface area contributed by atoms with Crippen LogP contribution in [0.25, 0.3) is 0 Å². The molecule has 0 aliphatic carbocycles. The van der Waals surface area contributed by atoms with Gasteiger partial charge in [-0.15, -0.1) is 0 Å². The summed E-state index contributed by atoms with van der Waals surface area (Å²) in [5.74, 6) is -0.818. The number of nitrogens with one attached hydrogen (secondary N) is 1. The van der Waals surface area contributed by atoms with Crippen molar-refractivity contribution < 1.29 is 19.1 Å². The first-order chi connectivity index (χ1) is 9.54. The van der Waals surface area contributed by atoms with E-state index < -0.39 is 12.0 Å². The van der Waals surface area contributed by atoms with Gasteiger partial charge in [-0.25, -0.2) is 4.79 Å². The Morgan fingerprint density at radius 3 is 2.40 bits per heavy atom. The first kappa shape index (κ1) is 16.2. The van der Waals surface area contributed by atoms with Crippen molar-refractivity contribution in [3.63, 3.8) is 0 Å². The van der Waals surface area contributed by atoms with Crippen molar-refractivity contribution in [1.82, 2.24) is 5.32 Å². The van der Waals surface area contributed by atoms with Crippen molar-refractivity contribution in [1.29, 1.82) is 0 Å². The van der Waals surface area contributed by atoms with Gasteiger partial charge >= 0.3 is 5.97 Å². The van der Waals surface area contributed by atoms with E-state index in [0.29, 0.717) is 6.61 Å². The molecule has 0 saturated heterocycles. The van der Waals surface area contributed by atoms with Crippen LogP contribution in [-0.2, 0) is 25.7 Å². The molecule has 1 unspecified atom stereocenters. The highest BCUT2D eigenvalue weighted by atomic mass is 16.5. The summed E-state index contributed by atoms with van der Waals surface area (Å²) >= 11 is 0. The number of methoxy groups -OCH3 is 1. The molecule has 0 heterocycles. The van der Waals surface area contributed by atoms with E-state index in [0.717, 1.165) is 5.56 Å². The van der Waals surface area contributed by atoms with E-state index in [9.17, 15) is 9.59 Å². The Hall–Kier alpha value is -1.88. The van der Waals surface area contributed by atoms with Gasteiger partial charge in [0.15, 0.2) is 0 Å². The number of carbonyl (C=O) groups excluding carboxylic acids is 2. The Kier molecular flexibility index (Phi) is 6.73. The Balaban J connectivity index is 2.37. The molecular formula is C15H21NO4. The van der Waals surface area contributed by atoms with Crippen molar-refractivity contribution in [2.75, 3.05) is 13.7 Å². The van der Waals surface area contributed by atoms with Gasteiger partial charge in [-0.05, 0) is 11.5 Å². The number of amides is 1. The number of benzene rings is 1. The predicted molar refractivity (Wildman–Crippen MR) is 74.9 cm³/mol. The monoisotopic (exact) mass is 279 g/mol. The highest BCUT2D eigenvalue weighted by molar-refractivity contribution is 5.85. The SMILES string of the molecule is COC(=O)C(NC(=O)COCc1ccccc1)C(C)C. The third-order valence-corrected chi connectivity index (χ3v) is 2.78. The van der Waals surface area contributed by atoms with Gasteiger partial charge in [0, 0.05) is 0 Å². The molecule has 1 aromatic rings. The Bertz CT molecular complexity index is 431. The number of hydrogen-bond donors (Lipinski definition) is 1. The van der Waals surface area contributed by atoms with Crippen LogP contribution >= 0.6 is 0 Å². The van der Waals surface area contributed by atoms with Gasteiger partial charge in [0.1, 0.15) is 12.6 Å². The quantitative estimate of drug-likeness (QED) is 0.769. The van der Waals surface area contributed by atoms with Crippen LogP contribution in [0.5, 0.6) is 0 Å². The van der Waals surface area contributed by atoms with Crippen molar-refractivity contribution in [3.05, 3.63) is 35.9 Å². The van der Waals surface area contributed by atoms with Crippen LogP contribution in [0.15, 0.2) is 30.3 Å². The topological polar surface area (TPSA) is 64.6 Å². The summed E-state index contributed by atoms with van der Waals surface area (Å²) in [4.78, 5) is 23.2. The maximum Gasteiger partial charge on any atom is 0.328 e. The summed E-state index contributed by atoms with van der Waals surface area (Å²) in [6.45, 7) is 3.95. The molecule has 110 valence electrons. The number of ether oxygens (including phenoxy) is 2. The molecule has 0 saturated carbocycles. The standard InChI is InChI=1S/C15H21NO4/c1-11(2)14(15(18)19-3)16-13(17)10-20-9-12-7-5-4-6-8-12/h4-8,11,14H,9-10H2,1-3H3,(H,16,17). The molecule has 1 N–H and O–H groups in total. The zero-order chi connectivity index (χ0) is 15.0. The second kappa shape index (κ2) is 8.32. The van der Waals surface area contributed by atoms with Crippen LogP contribution in [0.1, 0.15) is 19.4 Å². The fourth-order valence-corrected chi connectivity index (χ4v) is 1.68. The summed E-state index contributed by atoms with van der Waals surface area (Å²) in [6, 6.07) is 8.93. The molecular weight excluding hydrogens is 258 g/mol. The molecule has 1 amide bonds. The molecule has 0 aliphatic heterocycles. The number of esters is 1. The number of rotatable bonds is 7. The minimum atomic E-state index is -0.646. The minimum absolute atomic E-state index is 0.0412. The van der Waals surface area contributed by atoms with Gasteiger partial charge in [-0.2, -0.15) is 0 Å². The van der Waals surface area contributed by atoms with E-state index in [2.05, 4.69) is 10.1 Å². The van der Waals surface area contributed by atoms with Crippen LogP contribution in [-0.4, -0.2) is 31.6 Å². The summed E-state index contributed by atoms with van der Waals surface area (Å²) < 4.78 is 9.97. The average Bonchev–Trinajstić information content (AvgIpc) is 2.45. The molecule has 5 heteroatoms. The first-order valence-corrected chi connectivity index (χ1v) is 6.53. The normalized spacial score (nSPS) is 12.0. The Morgan fingerprint density at radius 2 is 1.85 bits per heavy atom. The fourth-order valence-electron chi connectivity index (χ4n) is 1.68. The zero-order valence-electron chi connectivity index (χ0n) is 12.1. The van der Waals surface area contributed by atoms with E-state index in [1.165, 1.54) is 7.11 Å². The fraction of sp³-hybridized carbons (Fsp3) is 0.467. The maximum absolute atomic E-state index is 11.7. The molecule has 0 bridgehead atoms. The third-order valence-electron chi connectivity index (χ3n) is 2.78. The van der Waals surface area contributed by atoms with Crippen molar-refractivity contribution >= 4 is 11.9 Å². The largest absolute Gasteiger partial charge is 0.467 e. The van der Waals surface area contributed by atoms with Crippen LogP contribution in [0.3, 0.4) is 0 Å². The van der Waals surface area contributed by atoms with Crippen LogP contribution in [0.4, 0.5) is 0 Å². The summed E-state index contributed by atoms with van der Waals surface area (Å²) in [5.41, 5.74) is 0.994. The van der Waals surface area contributed by atoms with Gasteiger partial charge < -0.3 is 14.8 Å². The second-order valence-corrected chi connectivity index (χ2v) is 4.79. The smallest absolute Gasteiger partial charge is 0.328 e. The van der Waals surface area contributed by atoms with Crippen LogP contribution < -0.4 is 5.32 Å². The van der Waals surface area contributed by atoms with Crippen LogP contribution in [0, 0.1) is 5.92 Å². The first-order valence-electron chi connectivity index (χ1n) is 6.53. The van der Waals surface area contributed by atoms with Gasteiger partial charge in [-0.1, -0.05) is 44.2 Å². The van der Waals surface area contributed by atoms with Crippen molar-refractivity contribution in [2.45, 2.75) is 26.5 Å². The lowest BCUT2D eigenvalue weighted by atomic mass is 10.0. The Labute approximate surface area is 119 Å². The molecule has 0 fully saturated rings. The van der Waals surface area contributed by atoms with Gasteiger partial charge in [0.2, 0.25) is 5.91 Å². The molecule has 20 heavy (non-hydrogen) atoms. The number of carbonyl (C=O) groups is 2. The lowest BCUT2D eigenvalue weighted by Gasteiger charge is -2.19. The van der Waals surface area contributed by atoms with E-state index in [1.807, 2.05) is 44.2 Å². The second-order valence-electron chi connectivity index (χ2n) is 4.79. The predicted octanol–water partition coefficient (Wildman–Crippen LogP) is 1.52. The third kappa shape index (κ3) is 5.40. The molecule has 0 aliphatic rings. The van der Waals surface area contributed by atoms with Crippen molar-refractivity contribution in [2.24, 2.45) is 5.92 Å². The number of hydrogen-bond acceptors (Lipinski definition) is 4. The molecule has 0 aromatic heterocycles. The van der Waals surface area contributed by atoms with E-state index in [1.54, 1.807) is 0 Å². The van der Waals surface area contributed by atoms with Gasteiger partial charge in [0.05, 0.1) is 13.7 Å². The highest BCUT2D eigenvalue weighted by Crippen LogP contribution is 2.04. The summed E-state index contributed by atoms with van der Waals surface area (Å²) in [5, 5.41) is 2.61. The Morgan fingerprint density at radius 1 is 1.20 bits per heavy atom. The molecule has 0 spiro atoms. The van der Waals surface area contributed by atoms with E-state index >= 15 is 0 Å². The van der Waals surface area contributed by atoms with Gasteiger partial charge in [-0.3, -0.25) is 4.79 Å².